The molecule has 5 nitrogen and oxygen atoms in total. The molecule has 0 aromatic heterocycles. The molecule has 0 spiro atoms. The molecule has 0 saturated heterocycles. The van der Waals surface area contributed by atoms with Crippen LogP contribution in [0.15, 0.2) is 29.2 Å². The first kappa shape index (κ1) is 29.2. The van der Waals surface area contributed by atoms with Gasteiger partial charge in [0.15, 0.2) is 0 Å². The quantitative estimate of drug-likeness (QED) is 0.149. The van der Waals surface area contributed by atoms with E-state index in [0.29, 0.717) is 17.1 Å². The number of hydrazine groups is 1. The molecule has 1 rings (SSSR count). The third-order valence-electron chi connectivity index (χ3n) is 5.56. The molecule has 0 radical (unpaired) electrons. The lowest BCUT2D eigenvalue weighted by Crippen LogP contribution is -2.28. The molecule has 1 aromatic rings. The maximum Gasteiger partial charge on any atom is 0.242 e. The molecule has 0 amide bonds. The van der Waals surface area contributed by atoms with E-state index in [-0.39, 0.29) is 12.4 Å². The predicted octanol–water partition coefficient (Wildman–Crippen LogP) is 6.50. The molecule has 0 saturated carbocycles. The highest BCUT2D eigenvalue weighted by Gasteiger charge is 2.19. The Morgan fingerprint density at radius 2 is 1.17 bits per heavy atom. The van der Waals surface area contributed by atoms with E-state index in [1.807, 2.05) is 0 Å². The highest BCUT2D eigenvalue weighted by atomic mass is 35.5. The van der Waals surface area contributed by atoms with Gasteiger partial charge in [-0.1, -0.05) is 90.4 Å². The second kappa shape index (κ2) is 17.8. The number of nitrogen functional groups attached to an aromatic ring is 1. The second-order valence-corrected chi connectivity index (χ2v) is 10.1. The van der Waals surface area contributed by atoms with Crippen molar-refractivity contribution in [2.24, 2.45) is 5.84 Å². The number of anilines is 1. The van der Waals surface area contributed by atoms with Crippen LogP contribution in [0.4, 0.5) is 5.69 Å². The lowest BCUT2D eigenvalue weighted by Gasteiger charge is -2.17. The molecule has 0 heterocycles. The maximum atomic E-state index is 12.6. The zero-order chi connectivity index (χ0) is 21.4. The van der Waals surface area contributed by atoms with Crippen LogP contribution in [0.1, 0.15) is 96.8 Å². The Hall–Kier alpha value is -0.820. The van der Waals surface area contributed by atoms with Gasteiger partial charge in [0.1, 0.15) is 0 Å². The van der Waals surface area contributed by atoms with Gasteiger partial charge in [0, 0.05) is 19.3 Å². The van der Waals surface area contributed by atoms with Crippen LogP contribution in [0.5, 0.6) is 0 Å². The molecule has 30 heavy (non-hydrogen) atoms. The lowest BCUT2D eigenvalue weighted by atomic mass is 10.0. The van der Waals surface area contributed by atoms with Crippen LogP contribution in [-0.2, 0) is 10.0 Å². The number of rotatable bonds is 18. The first-order valence-corrected chi connectivity index (χ1v) is 13.0. The van der Waals surface area contributed by atoms with Gasteiger partial charge in [0.05, 0.1) is 4.90 Å². The van der Waals surface area contributed by atoms with Crippen molar-refractivity contribution in [3.8, 4) is 0 Å². The van der Waals surface area contributed by atoms with Crippen LogP contribution in [0.25, 0.3) is 0 Å². The summed E-state index contributed by atoms with van der Waals surface area (Å²) in [5.41, 5.74) is 3.20. The van der Waals surface area contributed by atoms with Gasteiger partial charge in [0.2, 0.25) is 10.0 Å². The molecule has 7 heteroatoms. The first-order valence-electron chi connectivity index (χ1n) is 11.6. The fourth-order valence-corrected chi connectivity index (χ4v) is 4.76. The summed E-state index contributed by atoms with van der Waals surface area (Å²) in [5, 5.41) is 0. The minimum absolute atomic E-state index is 0. The van der Waals surface area contributed by atoms with Gasteiger partial charge in [-0.2, -0.15) is 0 Å². The number of hydrogen-bond donors (Lipinski definition) is 2. The van der Waals surface area contributed by atoms with Crippen LogP contribution < -0.4 is 11.3 Å². The molecule has 0 aliphatic heterocycles. The Kier molecular flexibility index (Phi) is 17.3. The number of unbranched alkanes of at least 4 members (excludes halogenated alkanes) is 13. The molecule has 3 N–H and O–H groups in total. The van der Waals surface area contributed by atoms with Gasteiger partial charge >= 0.3 is 0 Å². The summed E-state index contributed by atoms with van der Waals surface area (Å²) in [6.45, 7) is 2.83. The summed E-state index contributed by atoms with van der Waals surface area (Å²) in [7, 11) is -1.76. The summed E-state index contributed by atoms with van der Waals surface area (Å²) < 4.78 is 26.6. The van der Waals surface area contributed by atoms with E-state index in [0.717, 1.165) is 12.8 Å². The van der Waals surface area contributed by atoms with Crippen molar-refractivity contribution in [2.75, 3.05) is 19.0 Å². The average Bonchev–Trinajstić information content (AvgIpc) is 2.73. The van der Waals surface area contributed by atoms with Crippen molar-refractivity contribution < 1.29 is 8.42 Å². The molecule has 0 unspecified atom stereocenters. The van der Waals surface area contributed by atoms with Gasteiger partial charge in [-0.15, -0.1) is 12.4 Å². The van der Waals surface area contributed by atoms with E-state index < -0.39 is 10.0 Å². The fourth-order valence-electron chi connectivity index (χ4n) is 3.55. The van der Waals surface area contributed by atoms with Gasteiger partial charge in [-0.3, -0.25) is 5.84 Å². The molecule has 176 valence electrons. The Balaban J connectivity index is 0.00000841. The zero-order valence-corrected chi connectivity index (χ0v) is 20.7. The van der Waals surface area contributed by atoms with Gasteiger partial charge in [0.25, 0.3) is 0 Å². The van der Waals surface area contributed by atoms with Crippen LogP contribution in [0.3, 0.4) is 0 Å². The van der Waals surface area contributed by atoms with Crippen molar-refractivity contribution in [3.63, 3.8) is 0 Å². The largest absolute Gasteiger partial charge is 0.324 e. The smallest absolute Gasteiger partial charge is 0.242 e. The number of nitrogens with zero attached hydrogens (tertiary/aromatic N) is 1. The van der Waals surface area contributed by atoms with E-state index in [2.05, 4.69) is 12.3 Å². The van der Waals surface area contributed by atoms with Crippen LogP contribution >= 0.6 is 12.4 Å². The first-order chi connectivity index (χ1) is 14.0. The van der Waals surface area contributed by atoms with Crippen molar-refractivity contribution in [3.05, 3.63) is 24.3 Å². The molecule has 0 aliphatic rings. The van der Waals surface area contributed by atoms with E-state index >= 15 is 0 Å². The number of hydrogen-bond acceptors (Lipinski definition) is 4. The molecular weight excluding hydrogens is 418 g/mol. The molecule has 0 aliphatic carbocycles. The van der Waals surface area contributed by atoms with Crippen molar-refractivity contribution in [2.45, 2.75) is 102 Å². The lowest BCUT2D eigenvalue weighted by molar-refractivity contribution is 0.447. The summed E-state index contributed by atoms with van der Waals surface area (Å²) in [6, 6.07) is 6.53. The Bertz CT molecular complexity index is 624. The van der Waals surface area contributed by atoms with Crippen LogP contribution in [-0.4, -0.2) is 26.3 Å². The fraction of sp³-hybridized carbons (Fsp3) is 0.739. The summed E-state index contributed by atoms with van der Waals surface area (Å²) in [6.07, 6.45) is 18.2. The molecule has 0 atom stereocenters. The third kappa shape index (κ3) is 12.1. The van der Waals surface area contributed by atoms with Gasteiger partial charge in [-0.25, -0.2) is 12.7 Å². The number of nitrogens with two attached hydrogens (primary N) is 1. The molecular formula is C23H44ClN3O2S. The van der Waals surface area contributed by atoms with Crippen molar-refractivity contribution >= 4 is 28.1 Å². The molecule has 0 bridgehead atoms. The number of halogens is 1. The highest BCUT2D eigenvalue weighted by Crippen LogP contribution is 2.18. The Morgan fingerprint density at radius 3 is 1.57 bits per heavy atom. The second-order valence-electron chi connectivity index (χ2n) is 8.09. The Labute approximate surface area is 191 Å². The van der Waals surface area contributed by atoms with Crippen molar-refractivity contribution in [1.29, 1.82) is 0 Å². The standard InChI is InChI=1S/C23H43N3O2S.ClH/c1-3-4-5-6-7-8-9-10-11-12-13-14-15-16-21-26(2)29(27,28)23-19-17-22(25-24)18-20-23;/h17-20,25H,3-16,21,24H2,1-2H3;1H. The Morgan fingerprint density at radius 1 is 0.767 bits per heavy atom. The number of benzene rings is 1. The summed E-state index contributed by atoms with van der Waals surface area (Å²) in [4.78, 5) is 0.310. The highest BCUT2D eigenvalue weighted by molar-refractivity contribution is 7.89. The third-order valence-corrected chi connectivity index (χ3v) is 7.43. The van der Waals surface area contributed by atoms with E-state index in [1.54, 1.807) is 31.3 Å². The van der Waals surface area contributed by atoms with E-state index in [4.69, 9.17) is 5.84 Å². The molecule has 1 aromatic carbocycles. The topological polar surface area (TPSA) is 75.4 Å². The minimum atomic E-state index is -3.42. The SMILES string of the molecule is CCCCCCCCCCCCCCCCN(C)S(=O)(=O)c1ccc(NN)cc1.Cl. The van der Waals surface area contributed by atoms with Crippen LogP contribution in [0, 0.1) is 0 Å². The minimum Gasteiger partial charge on any atom is -0.324 e. The average molecular weight is 462 g/mol. The van der Waals surface area contributed by atoms with Crippen molar-refractivity contribution in [1.82, 2.24) is 4.31 Å². The normalized spacial score (nSPS) is 11.5. The zero-order valence-electron chi connectivity index (χ0n) is 19.1. The maximum absolute atomic E-state index is 12.6. The van der Waals surface area contributed by atoms with E-state index in [1.165, 1.54) is 81.4 Å². The van der Waals surface area contributed by atoms with Crippen LogP contribution in [0.2, 0.25) is 0 Å². The summed E-state index contributed by atoms with van der Waals surface area (Å²) >= 11 is 0. The van der Waals surface area contributed by atoms with E-state index in [9.17, 15) is 8.42 Å². The number of sulfonamides is 1. The molecule has 0 fully saturated rings. The summed E-state index contributed by atoms with van der Waals surface area (Å²) in [5.74, 6) is 5.33. The predicted molar refractivity (Wildman–Crippen MR) is 132 cm³/mol. The monoisotopic (exact) mass is 461 g/mol. The van der Waals surface area contributed by atoms with Gasteiger partial charge in [-0.05, 0) is 30.7 Å². The number of nitrogens with one attached hydrogen (secondary N) is 1. The van der Waals surface area contributed by atoms with Gasteiger partial charge < -0.3 is 5.43 Å².